The molecule has 3 heterocycles. The maximum Gasteiger partial charge on any atom is 0.257 e. The van der Waals surface area contributed by atoms with Crippen molar-refractivity contribution in [2.45, 2.75) is 13.3 Å². The summed E-state index contributed by atoms with van der Waals surface area (Å²) in [6.45, 7) is 1.98. The fourth-order valence-corrected chi connectivity index (χ4v) is 3.78. The number of rotatable bonds is 8. The summed E-state index contributed by atoms with van der Waals surface area (Å²) in [4.78, 5) is 36.5. The molecule has 4 rings (SSSR count). The van der Waals surface area contributed by atoms with Crippen LogP contribution in [-0.4, -0.2) is 32.4 Å². The van der Waals surface area contributed by atoms with Gasteiger partial charge in [-0.1, -0.05) is 18.9 Å². The van der Waals surface area contributed by atoms with Crippen molar-refractivity contribution in [2.75, 3.05) is 15.8 Å². The molecule has 3 aromatic heterocycles. The number of amides is 1. The van der Waals surface area contributed by atoms with Gasteiger partial charge in [0.15, 0.2) is 5.82 Å². The van der Waals surface area contributed by atoms with Gasteiger partial charge in [-0.3, -0.25) is 14.6 Å². The maximum absolute atomic E-state index is 15.0. The number of H-pyrrole nitrogens is 1. The molecule has 0 aliphatic rings. The first-order valence-electron chi connectivity index (χ1n) is 10.1. The van der Waals surface area contributed by atoms with E-state index in [1.54, 1.807) is 18.3 Å². The predicted octanol–water partition coefficient (Wildman–Crippen LogP) is 5.19. The Balaban J connectivity index is 1.66. The number of nitrogens with zero attached hydrogens (tertiary/aromatic N) is 2. The van der Waals surface area contributed by atoms with Gasteiger partial charge in [0.25, 0.3) is 5.91 Å². The Morgan fingerprint density at radius 3 is 2.79 bits per heavy atom. The average molecular weight is 468 g/mol. The summed E-state index contributed by atoms with van der Waals surface area (Å²) in [5, 5.41) is 3.00. The summed E-state index contributed by atoms with van der Waals surface area (Å²) in [5.74, 6) is -2.45. The van der Waals surface area contributed by atoms with Crippen molar-refractivity contribution in [3.63, 3.8) is 0 Å². The number of hydrogen-bond acceptors (Lipinski definition) is 6. The van der Waals surface area contributed by atoms with E-state index in [1.165, 1.54) is 42.7 Å². The molecule has 0 fully saturated rings. The van der Waals surface area contributed by atoms with E-state index >= 15 is 4.39 Å². The maximum atomic E-state index is 15.0. The second-order valence-corrected chi connectivity index (χ2v) is 7.98. The minimum Gasteiger partial charge on any atom is -0.345 e. The van der Waals surface area contributed by atoms with E-state index in [9.17, 15) is 14.0 Å². The third kappa shape index (κ3) is 4.70. The first-order chi connectivity index (χ1) is 16.0. The minimum atomic E-state index is -0.966. The van der Waals surface area contributed by atoms with Gasteiger partial charge in [0.05, 0.1) is 28.7 Å². The molecule has 0 spiro atoms. The summed E-state index contributed by atoms with van der Waals surface area (Å²) in [7, 11) is 0. The molecule has 0 aliphatic heterocycles. The van der Waals surface area contributed by atoms with E-state index < -0.39 is 28.9 Å². The summed E-state index contributed by atoms with van der Waals surface area (Å²) in [6, 6.07) is 7.07. The van der Waals surface area contributed by atoms with Crippen LogP contribution in [0.1, 0.15) is 39.6 Å². The molecule has 0 atom stereocenters. The average Bonchev–Trinajstić information content (AvgIpc) is 3.24. The number of ketones is 1. The van der Waals surface area contributed by atoms with Gasteiger partial charge >= 0.3 is 0 Å². The van der Waals surface area contributed by atoms with Crippen LogP contribution in [0.3, 0.4) is 0 Å². The van der Waals surface area contributed by atoms with Crippen molar-refractivity contribution >= 4 is 46.0 Å². The summed E-state index contributed by atoms with van der Waals surface area (Å²) >= 11 is 1.27. The highest BCUT2D eigenvalue weighted by atomic mass is 32.2. The third-order valence-electron chi connectivity index (χ3n) is 4.76. The Morgan fingerprint density at radius 2 is 2.03 bits per heavy atom. The quantitative estimate of drug-likeness (QED) is 0.187. The number of carbonyl (C=O) groups is 2. The fourth-order valence-electron chi connectivity index (χ4n) is 3.16. The topological polar surface area (TPSA) is 99.8 Å². The zero-order valence-electron chi connectivity index (χ0n) is 17.5. The normalized spacial score (nSPS) is 10.9. The lowest BCUT2D eigenvalue weighted by Crippen LogP contribution is -2.12. The van der Waals surface area contributed by atoms with E-state index in [0.717, 1.165) is 18.2 Å². The molecule has 0 saturated carbocycles. The van der Waals surface area contributed by atoms with Gasteiger partial charge in [-0.2, -0.15) is 0 Å². The van der Waals surface area contributed by atoms with Gasteiger partial charge in [-0.25, -0.2) is 13.8 Å². The Kier molecular flexibility index (Phi) is 6.64. The Bertz CT molecular complexity index is 1330. The molecule has 0 saturated heterocycles. The molecule has 10 heteroatoms. The highest BCUT2D eigenvalue weighted by molar-refractivity contribution is 8.00. The highest BCUT2D eigenvalue weighted by Crippen LogP contribution is 2.29. The molecule has 0 bridgehead atoms. The Morgan fingerprint density at radius 1 is 1.18 bits per heavy atom. The number of carbonyl (C=O) groups excluding carboxylic acids is 2. The van der Waals surface area contributed by atoms with E-state index in [1.807, 2.05) is 6.92 Å². The number of aromatic amines is 1. The van der Waals surface area contributed by atoms with Crippen molar-refractivity contribution < 1.29 is 18.4 Å². The van der Waals surface area contributed by atoms with Crippen LogP contribution in [0.25, 0.3) is 11.0 Å². The summed E-state index contributed by atoms with van der Waals surface area (Å²) in [5.41, 5.74) is 0.399. The fraction of sp³-hybridized carbons (Fsp3) is 0.130. The molecule has 1 aromatic carbocycles. The number of fused-ring (bicyclic) bond motifs is 1. The monoisotopic (exact) mass is 467 g/mol. The zero-order chi connectivity index (χ0) is 23.4. The molecular formula is C23H19F2N5O2S. The molecule has 0 radical (unpaired) electrons. The SMILES string of the molecule is CCCSNc1ccc(F)c(C(=O)c2c[nH]c3ncc(NC(=O)c4cccnc4)cc23)c1F. The van der Waals surface area contributed by atoms with Gasteiger partial charge < -0.3 is 15.0 Å². The van der Waals surface area contributed by atoms with Gasteiger partial charge in [0.2, 0.25) is 5.78 Å². The van der Waals surface area contributed by atoms with E-state index in [4.69, 9.17) is 0 Å². The van der Waals surface area contributed by atoms with Crippen LogP contribution in [0.15, 0.2) is 55.1 Å². The van der Waals surface area contributed by atoms with Gasteiger partial charge in [-0.15, -0.1) is 0 Å². The standard InChI is InChI=1S/C23H19F2N5O2S/c1-2-8-33-30-18-6-5-17(24)19(20(18)25)21(31)16-12-28-22-15(16)9-14(11-27-22)29-23(32)13-4-3-7-26-10-13/h3-7,9-12,30H,2,8H2,1H3,(H,27,28)(H,29,32). The van der Waals surface area contributed by atoms with E-state index in [0.29, 0.717) is 22.3 Å². The lowest BCUT2D eigenvalue weighted by Gasteiger charge is -2.10. The Labute approximate surface area is 192 Å². The molecular weight excluding hydrogens is 448 g/mol. The van der Waals surface area contributed by atoms with Gasteiger partial charge in [-0.05, 0) is 36.8 Å². The summed E-state index contributed by atoms with van der Waals surface area (Å²) < 4.78 is 32.3. The first-order valence-corrected chi connectivity index (χ1v) is 11.1. The largest absolute Gasteiger partial charge is 0.345 e. The van der Waals surface area contributed by atoms with Crippen LogP contribution in [0.4, 0.5) is 20.2 Å². The van der Waals surface area contributed by atoms with Crippen molar-refractivity contribution in [3.8, 4) is 0 Å². The molecule has 0 unspecified atom stereocenters. The summed E-state index contributed by atoms with van der Waals surface area (Å²) in [6.07, 6.45) is 6.59. The molecule has 33 heavy (non-hydrogen) atoms. The lowest BCUT2D eigenvalue weighted by atomic mass is 10.0. The number of hydrogen-bond donors (Lipinski definition) is 3. The first kappa shape index (κ1) is 22.4. The van der Waals surface area contributed by atoms with Crippen molar-refractivity contribution in [3.05, 3.63) is 83.4 Å². The number of nitrogens with one attached hydrogen (secondary N) is 3. The zero-order valence-corrected chi connectivity index (χ0v) is 18.3. The number of benzene rings is 1. The number of pyridine rings is 2. The molecule has 168 valence electrons. The van der Waals surface area contributed by atoms with E-state index in [-0.39, 0.29) is 11.3 Å². The van der Waals surface area contributed by atoms with E-state index in [2.05, 4.69) is 25.0 Å². The smallest absolute Gasteiger partial charge is 0.257 e. The second-order valence-electron chi connectivity index (χ2n) is 7.08. The van der Waals surface area contributed by atoms with Crippen LogP contribution in [0, 0.1) is 11.6 Å². The Hall–Kier alpha value is -3.79. The molecule has 7 nitrogen and oxygen atoms in total. The number of aromatic nitrogens is 3. The lowest BCUT2D eigenvalue weighted by molar-refractivity contribution is 0.102. The van der Waals surface area contributed by atoms with Gasteiger partial charge in [0.1, 0.15) is 11.5 Å². The number of halogens is 2. The molecule has 3 N–H and O–H groups in total. The van der Waals surface area contributed by atoms with Crippen LogP contribution < -0.4 is 10.0 Å². The van der Waals surface area contributed by atoms with Crippen molar-refractivity contribution in [1.82, 2.24) is 15.0 Å². The molecule has 1 amide bonds. The molecule has 4 aromatic rings. The van der Waals surface area contributed by atoms with Crippen molar-refractivity contribution in [1.29, 1.82) is 0 Å². The molecule has 0 aliphatic carbocycles. The minimum absolute atomic E-state index is 0.0283. The van der Waals surface area contributed by atoms with Crippen LogP contribution in [-0.2, 0) is 0 Å². The van der Waals surface area contributed by atoms with Crippen LogP contribution in [0.5, 0.6) is 0 Å². The number of anilines is 2. The van der Waals surface area contributed by atoms with Crippen LogP contribution in [0.2, 0.25) is 0 Å². The van der Waals surface area contributed by atoms with Crippen molar-refractivity contribution in [2.24, 2.45) is 0 Å². The second kappa shape index (κ2) is 9.78. The predicted molar refractivity (Wildman–Crippen MR) is 124 cm³/mol. The van der Waals surface area contributed by atoms with Crippen LogP contribution >= 0.6 is 11.9 Å². The van der Waals surface area contributed by atoms with Gasteiger partial charge in [0, 0.05) is 35.3 Å². The highest BCUT2D eigenvalue weighted by Gasteiger charge is 2.24. The third-order valence-corrected chi connectivity index (χ3v) is 5.74.